The van der Waals surface area contributed by atoms with Gasteiger partial charge in [-0.15, -0.1) is 0 Å². The molecule has 1 radical (unpaired) electrons. The highest BCUT2D eigenvalue weighted by atomic mass is 14.0. The van der Waals surface area contributed by atoms with Crippen molar-refractivity contribution in [2.24, 2.45) is 5.92 Å². The first kappa shape index (κ1) is 4.63. The molecular weight excluding hydrogens is 84.1 g/mol. The minimum Gasteiger partial charge on any atom is -0.0839 e. The van der Waals surface area contributed by atoms with Crippen LogP contribution in [0.5, 0.6) is 0 Å². The topological polar surface area (TPSA) is 0 Å². The normalized spacial score (nSPS) is 28.4. The Bertz CT molecular complexity index is 98.6. The van der Waals surface area contributed by atoms with E-state index < -0.39 is 0 Å². The summed E-state index contributed by atoms with van der Waals surface area (Å²) in [6, 6.07) is 0. The third-order valence-electron chi connectivity index (χ3n) is 1.10. The molecule has 0 saturated carbocycles. The third-order valence-corrected chi connectivity index (χ3v) is 1.10. The Morgan fingerprint density at radius 3 is 2.86 bits per heavy atom. The van der Waals surface area contributed by atoms with Crippen molar-refractivity contribution in [2.45, 2.75) is 13.3 Å². The van der Waals surface area contributed by atoms with E-state index in [1.807, 2.05) is 12.2 Å². The average molecular weight is 93.1 g/mol. The van der Waals surface area contributed by atoms with Crippen LogP contribution in [-0.4, -0.2) is 0 Å². The quantitative estimate of drug-likeness (QED) is 0.429. The predicted octanol–water partition coefficient (Wildman–Crippen LogP) is 1.94. The third kappa shape index (κ3) is 1.19. The van der Waals surface area contributed by atoms with E-state index >= 15 is 0 Å². The molecule has 1 aliphatic carbocycles. The molecule has 7 heavy (non-hydrogen) atoms. The largest absolute Gasteiger partial charge is 0.0839 e. The monoisotopic (exact) mass is 93.1 g/mol. The van der Waals surface area contributed by atoms with Crippen LogP contribution < -0.4 is 0 Å². The van der Waals surface area contributed by atoms with Gasteiger partial charge in [0, 0.05) is 0 Å². The first-order valence-electron chi connectivity index (χ1n) is 2.64. The summed E-state index contributed by atoms with van der Waals surface area (Å²) in [5, 5.41) is 0. The zero-order chi connectivity index (χ0) is 5.11. The fourth-order valence-electron chi connectivity index (χ4n) is 0.639. The first-order valence-corrected chi connectivity index (χ1v) is 2.64. The molecule has 0 aromatic heterocycles. The van der Waals surface area contributed by atoms with E-state index in [2.05, 4.69) is 19.1 Å². The Morgan fingerprint density at radius 1 is 1.71 bits per heavy atom. The maximum Gasteiger partial charge on any atom is -0.0153 e. The van der Waals surface area contributed by atoms with Crippen LogP contribution in [0.3, 0.4) is 0 Å². The maximum absolute atomic E-state index is 3.17. The van der Waals surface area contributed by atoms with E-state index in [0.29, 0.717) is 5.92 Å². The van der Waals surface area contributed by atoms with Gasteiger partial charge in [0.25, 0.3) is 0 Å². The number of hydrogen-bond acceptors (Lipinski definition) is 0. The van der Waals surface area contributed by atoms with Gasteiger partial charge in [-0.25, -0.2) is 0 Å². The number of allylic oxidation sites excluding steroid dienone is 4. The van der Waals surface area contributed by atoms with Crippen LogP contribution in [0.4, 0.5) is 0 Å². The van der Waals surface area contributed by atoms with Crippen molar-refractivity contribution in [3.8, 4) is 0 Å². The fraction of sp³-hybridized carbons (Fsp3) is 0.429. The van der Waals surface area contributed by atoms with Crippen LogP contribution in [0, 0.1) is 12.0 Å². The molecule has 0 N–H and O–H groups in total. The lowest BCUT2D eigenvalue weighted by Gasteiger charge is -2.01. The van der Waals surface area contributed by atoms with Crippen LogP contribution >= 0.6 is 0 Å². The maximum atomic E-state index is 3.17. The van der Waals surface area contributed by atoms with Crippen LogP contribution in [0.1, 0.15) is 13.3 Å². The van der Waals surface area contributed by atoms with E-state index in [1.54, 1.807) is 0 Å². The molecule has 0 unspecified atom stereocenters. The van der Waals surface area contributed by atoms with Crippen molar-refractivity contribution in [3.05, 3.63) is 24.3 Å². The Balaban J connectivity index is 2.49. The molecule has 0 bridgehead atoms. The van der Waals surface area contributed by atoms with Gasteiger partial charge < -0.3 is 0 Å². The molecule has 1 atom stereocenters. The summed E-state index contributed by atoms with van der Waals surface area (Å²) in [6.07, 6.45) is 10.5. The summed E-state index contributed by atoms with van der Waals surface area (Å²) in [4.78, 5) is 0. The van der Waals surface area contributed by atoms with E-state index in [4.69, 9.17) is 0 Å². The van der Waals surface area contributed by atoms with Gasteiger partial charge in [-0.1, -0.05) is 25.2 Å². The summed E-state index contributed by atoms with van der Waals surface area (Å²) in [6.45, 7) is 2.17. The molecule has 1 aliphatic rings. The highest BCUT2D eigenvalue weighted by Gasteiger charge is 1.94. The molecule has 0 nitrogen and oxygen atoms in total. The standard InChI is InChI=1S/C7H9/c1-7-5-3-2-4-6-7/h2-4,7H,5H2,1H3/t7-/m0/s1. The fourth-order valence-corrected chi connectivity index (χ4v) is 0.639. The van der Waals surface area contributed by atoms with E-state index in [1.165, 1.54) is 0 Å². The molecule has 0 fully saturated rings. The summed E-state index contributed by atoms with van der Waals surface area (Å²) in [5.41, 5.74) is 0. The van der Waals surface area contributed by atoms with Crippen molar-refractivity contribution < 1.29 is 0 Å². The van der Waals surface area contributed by atoms with Crippen LogP contribution in [0.2, 0.25) is 0 Å². The minimum absolute atomic E-state index is 0.644. The van der Waals surface area contributed by atoms with Gasteiger partial charge in [0.2, 0.25) is 0 Å². The van der Waals surface area contributed by atoms with Crippen LogP contribution in [0.25, 0.3) is 0 Å². The van der Waals surface area contributed by atoms with Crippen LogP contribution in [0.15, 0.2) is 18.2 Å². The van der Waals surface area contributed by atoms with Crippen molar-refractivity contribution in [1.29, 1.82) is 0 Å². The number of rotatable bonds is 0. The zero-order valence-electron chi connectivity index (χ0n) is 4.52. The molecule has 0 aromatic rings. The van der Waals surface area contributed by atoms with E-state index in [0.717, 1.165) is 6.42 Å². The van der Waals surface area contributed by atoms with Gasteiger partial charge >= 0.3 is 0 Å². The number of hydrogen-bond donors (Lipinski definition) is 0. The summed E-state index contributed by atoms with van der Waals surface area (Å²) >= 11 is 0. The SMILES string of the molecule is C[C@@H]1[C]=CC=CC1. The molecule has 0 saturated heterocycles. The van der Waals surface area contributed by atoms with Crippen molar-refractivity contribution in [3.63, 3.8) is 0 Å². The highest BCUT2D eigenvalue weighted by molar-refractivity contribution is 5.05. The molecule has 0 aliphatic heterocycles. The Hall–Kier alpha value is -0.520. The van der Waals surface area contributed by atoms with Crippen LogP contribution in [-0.2, 0) is 0 Å². The zero-order valence-corrected chi connectivity index (χ0v) is 4.52. The Labute approximate surface area is 44.5 Å². The molecule has 0 amide bonds. The van der Waals surface area contributed by atoms with Gasteiger partial charge in [0.15, 0.2) is 0 Å². The van der Waals surface area contributed by atoms with E-state index in [-0.39, 0.29) is 0 Å². The second kappa shape index (κ2) is 1.97. The lowest BCUT2D eigenvalue weighted by atomic mass is 10.0. The van der Waals surface area contributed by atoms with Gasteiger partial charge in [0.05, 0.1) is 0 Å². The van der Waals surface area contributed by atoms with E-state index in [9.17, 15) is 0 Å². The molecule has 37 valence electrons. The summed E-state index contributed by atoms with van der Waals surface area (Å²) < 4.78 is 0. The predicted molar refractivity (Wildman–Crippen MR) is 30.7 cm³/mol. The molecule has 0 heteroatoms. The van der Waals surface area contributed by atoms with Gasteiger partial charge in [0.1, 0.15) is 0 Å². The molecule has 0 spiro atoms. The Kier molecular flexibility index (Phi) is 1.30. The van der Waals surface area contributed by atoms with Gasteiger partial charge in [-0.05, 0) is 18.4 Å². The summed E-state index contributed by atoms with van der Waals surface area (Å²) in [5.74, 6) is 0.644. The average Bonchev–Trinajstić information content (AvgIpc) is 1.69. The molecule has 1 rings (SSSR count). The van der Waals surface area contributed by atoms with Gasteiger partial charge in [-0.3, -0.25) is 0 Å². The molecule has 0 aromatic carbocycles. The highest BCUT2D eigenvalue weighted by Crippen LogP contribution is 2.07. The Morgan fingerprint density at radius 2 is 2.57 bits per heavy atom. The lowest BCUT2D eigenvalue weighted by molar-refractivity contribution is 0.715. The smallest absolute Gasteiger partial charge is 0.0153 e. The minimum atomic E-state index is 0.644. The second-order valence-electron chi connectivity index (χ2n) is 1.90. The lowest BCUT2D eigenvalue weighted by Crippen LogP contribution is -1.88. The molecular formula is C7H9. The van der Waals surface area contributed by atoms with Gasteiger partial charge in [-0.2, -0.15) is 0 Å². The molecule has 0 heterocycles. The van der Waals surface area contributed by atoms with Crippen molar-refractivity contribution >= 4 is 0 Å². The van der Waals surface area contributed by atoms with Crippen molar-refractivity contribution in [2.75, 3.05) is 0 Å². The first-order chi connectivity index (χ1) is 3.39. The summed E-state index contributed by atoms with van der Waals surface area (Å²) in [7, 11) is 0. The van der Waals surface area contributed by atoms with Crippen molar-refractivity contribution in [1.82, 2.24) is 0 Å². The second-order valence-corrected chi connectivity index (χ2v) is 1.90.